The summed E-state index contributed by atoms with van der Waals surface area (Å²) >= 11 is 5.52. The van der Waals surface area contributed by atoms with Crippen molar-refractivity contribution in [3.8, 4) is 0 Å². The van der Waals surface area contributed by atoms with Gasteiger partial charge in [-0.15, -0.1) is 0 Å². The molecule has 0 atom stereocenters. The molecule has 0 aliphatic heterocycles. The molecule has 0 nitrogen and oxygen atoms in total. The van der Waals surface area contributed by atoms with Crippen molar-refractivity contribution in [2.45, 2.75) is 163 Å². The number of unbranched alkanes of at least 4 members (excludes halogenated alkanes) is 5. The second kappa shape index (κ2) is 13.7. The largest absolute Gasteiger partial charge is 0.172 e. The van der Waals surface area contributed by atoms with E-state index in [1.165, 1.54) is 96.3 Å². The first-order chi connectivity index (χ1) is 13.8. The molecule has 0 heterocycles. The molecule has 0 aromatic carbocycles. The Morgan fingerprint density at radius 1 is 0.448 bits per heavy atom. The molecule has 0 aliphatic rings. The Labute approximate surface area is 192 Å². The maximum atomic E-state index is 5.52. The van der Waals surface area contributed by atoms with Crippen molar-refractivity contribution in [3.05, 3.63) is 0 Å². The topological polar surface area (TPSA) is 0 Å². The summed E-state index contributed by atoms with van der Waals surface area (Å²) in [6, 6.07) is 0. The van der Waals surface area contributed by atoms with E-state index in [2.05, 4.69) is 62.3 Å². The molecule has 0 unspecified atom stereocenters. The van der Waals surface area contributed by atoms with Gasteiger partial charge in [-0.05, 0) is 74.0 Å². The maximum Gasteiger partial charge on any atom is 0.0186 e. The number of thiol groups is 1. The Balaban J connectivity index is 6.24. The van der Waals surface area contributed by atoms with Crippen molar-refractivity contribution >= 4 is 12.6 Å². The van der Waals surface area contributed by atoms with Crippen LogP contribution < -0.4 is 0 Å². The highest BCUT2D eigenvalue weighted by molar-refractivity contribution is 7.81. The SMILES string of the molecule is CCCCCCCCC(CC)(CC)C(CC)(CC)C(CC)(CC)C(S)(CC)CC. The molecule has 0 aromatic heterocycles. The fourth-order valence-corrected chi connectivity index (χ4v) is 8.43. The summed E-state index contributed by atoms with van der Waals surface area (Å²) in [6.07, 6.45) is 19.9. The van der Waals surface area contributed by atoms with Gasteiger partial charge in [0.15, 0.2) is 0 Å². The van der Waals surface area contributed by atoms with Crippen LogP contribution in [0.3, 0.4) is 0 Å². The summed E-state index contributed by atoms with van der Waals surface area (Å²) in [6.45, 7) is 22.0. The smallest absolute Gasteiger partial charge is 0.0186 e. The fourth-order valence-electron chi connectivity index (χ4n) is 7.90. The first-order valence-electron chi connectivity index (χ1n) is 13.5. The van der Waals surface area contributed by atoms with Gasteiger partial charge in [0.25, 0.3) is 0 Å². The van der Waals surface area contributed by atoms with Gasteiger partial charge in [0.05, 0.1) is 0 Å². The van der Waals surface area contributed by atoms with E-state index in [1.54, 1.807) is 0 Å². The molecule has 0 bridgehead atoms. The summed E-state index contributed by atoms with van der Waals surface area (Å²) in [4.78, 5) is 0. The Morgan fingerprint density at radius 3 is 1.21 bits per heavy atom. The third kappa shape index (κ3) is 5.40. The van der Waals surface area contributed by atoms with Gasteiger partial charge in [-0.1, -0.05) is 101 Å². The van der Waals surface area contributed by atoms with Gasteiger partial charge in [-0.2, -0.15) is 12.6 Å². The lowest BCUT2D eigenvalue weighted by atomic mass is 9.40. The van der Waals surface area contributed by atoms with Crippen LogP contribution in [0.15, 0.2) is 0 Å². The van der Waals surface area contributed by atoms with E-state index in [4.69, 9.17) is 12.6 Å². The molecule has 0 saturated heterocycles. The minimum atomic E-state index is 0.124. The molecule has 176 valence electrons. The van der Waals surface area contributed by atoms with E-state index >= 15 is 0 Å². The van der Waals surface area contributed by atoms with Gasteiger partial charge in [0, 0.05) is 4.75 Å². The van der Waals surface area contributed by atoms with Crippen LogP contribution in [0.1, 0.15) is 159 Å². The predicted molar refractivity (Wildman–Crippen MR) is 139 cm³/mol. The molecular weight excluding hydrogens is 368 g/mol. The minimum Gasteiger partial charge on any atom is -0.172 e. The van der Waals surface area contributed by atoms with Crippen LogP contribution in [0.25, 0.3) is 0 Å². The van der Waals surface area contributed by atoms with Gasteiger partial charge in [0.2, 0.25) is 0 Å². The molecule has 29 heavy (non-hydrogen) atoms. The zero-order valence-corrected chi connectivity index (χ0v) is 22.9. The molecule has 0 aromatic rings. The van der Waals surface area contributed by atoms with Crippen LogP contribution in [0, 0.1) is 16.2 Å². The van der Waals surface area contributed by atoms with E-state index in [1.807, 2.05) is 0 Å². The van der Waals surface area contributed by atoms with E-state index in [0.717, 1.165) is 0 Å². The number of rotatable bonds is 18. The first kappa shape index (κ1) is 29.4. The standard InChI is InChI=1S/C28H58S/c1-10-19-20-21-22-23-24-25(11-2,12-3)26(13-4,14-5)27(15-6,16-7)28(29,17-8)18-9/h29H,10-24H2,1-9H3. The normalized spacial score (nSPS) is 13.9. The minimum absolute atomic E-state index is 0.124. The van der Waals surface area contributed by atoms with E-state index < -0.39 is 0 Å². The van der Waals surface area contributed by atoms with Gasteiger partial charge >= 0.3 is 0 Å². The summed E-state index contributed by atoms with van der Waals surface area (Å²) in [5.74, 6) is 0. The van der Waals surface area contributed by atoms with Crippen LogP contribution >= 0.6 is 12.6 Å². The van der Waals surface area contributed by atoms with Crippen LogP contribution in [-0.2, 0) is 0 Å². The van der Waals surface area contributed by atoms with Crippen LogP contribution in [0.5, 0.6) is 0 Å². The lowest BCUT2D eigenvalue weighted by molar-refractivity contribution is -0.136. The highest BCUT2D eigenvalue weighted by atomic mass is 32.1. The quantitative estimate of drug-likeness (QED) is 0.163. The second-order valence-corrected chi connectivity index (χ2v) is 10.7. The zero-order valence-electron chi connectivity index (χ0n) is 22.1. The van der Waals surface area contributed by atoms with Gasteiger partial charge < -0.3 is 0 Å². The van der Waals surface area contributed by atoms with Crippen molar-refractivity contribution in [1.29, 1.82) is 0 Å². The molecule has 0 amide bonds. The molecule has 0 fully saturated rings. The first-order valence-corrected chi connectivity index (χ1v) is 14.0. The van der Waals surface area contributed by atoms with Crippen molar-refractivity contribution in [1.82, 2.24) is 0 Å². The van der Waals surface area contributed by atoms with Crippen molar-refractivity contribution < 1.29 is 0 Å². The summed E-state index contributed by atoms with van der Waals surface area (Å²) in [7, 11) is 0. The van der Waals surface area contributed by atoms with Gasteiger partial charge in [0.1, 0.15) is 0 Å². The summed E-state index contributed by atoms with van der Waals surface area (Å²) in [5, 5.41) is 0. The molecule has 1 heteroatoms. The predicted octanol–water partition coefficient (Wildman–Crippen LogP) is 10.6. The Morgan fingerprint density at radius 2 is 0.862 bits per heavy atom. The molecule has 0 spiro atoms. The van der Waals surface area contributed by atoms with Crippen LogP contribution in [-0.4, -0.2) is 4.75 Å². The molecule has 0 N–H and O–H groups in total. The van der Waals surface area contributed by atoms with E-state index in [-0.39, 0.29) is 4.75 Å². The summed E-state index contributed by atoms with van der Waals surface area (Å²) < 4.78 is 0.124. The average molecular weight is 427 g/mol. The van der Waals surface area contributed by atoms with Crippen molar-refractivity contribution in [2.24, 2.45) is 16.2 Å². The van der Waals surface area contributed by atoms with Crippen molar-refractivity contribution in [3.63, 3.8) is 0 Å². The van der Waals surface area contributed by atoms with E-state index in [0.29, 0.717) is 16.2 Å². The molecule has 0 radical (unpaired) electrons. The zero-order chi connectivity index (χ0) is 22.6. The molecular formula is C28H58S. The van der Waals surface area contributed by atoms with Gasteiger partial charge in [-0.25, -0.2) is 0 Å². The van der Waals surface area contributed by atoms with Crippen LogP contribution in [0.2, 0.25) is 0 Å². The highest BCUT2D eigenvalue weighted by Crippen LogP contribution is 2.69. The fraction of sp³-hybridized carbons (Fsp3) is 1.00. The van der Waals surface area contributed by atoms with E-state index in [9.17, 15) is 0 Å². The monoisotopic (exact) mass is 426 g/mol. The Kier molecular flexibility index (Phi) is 13.9. The van der Waals surface area contributed by atoms with Crippen LogP contribution in [0.4, 0.5) is 0 Å². The number of hydrogen-bond donors (Lipinski definition) is 1. The molecule has 0 rings (SSSR count). The van der Waals surface area contributed by atoms with Crippen molar-refractivity contribution in [2.75, 3.05) is 0 Å². The Hall–Kier alpha value is 0.350. The molecule has 0 aliphatic carbocycles. The lowest BCUT2D eigenvalue weighted by Crippen LogP contribution is -2.61. The third-order valence-corrected chi connectivity index (χ3v) is 10.8. The second-order valence-electron chi connectivity index (χ2n) is 9.82. The molecule has 0 saturated carbocycles. The third-order valence-electron chi connectivity index (χ3n) is 9.77. The van der Waals surface area contributed by atoms with Gasteiger partial charge in [-0.3, -0.25) is 0 Å². The Bertz CT molecular complexity index is 395. The maximum absolute atomic E-state index is 5.52. The highest BCUT2D eigenvalue weighted by Gasteiger charge is 2.62. The lowest BCUT2D eigenvalue weighted by Gasteiger charge is -2.66. The average Bonchev–Trinajstić information content (AvgIpc) is 2.77. The number of hydrogen-bond acceptors (Lipinski definition) is 1. The summed E-state index contributed by atoms with van der Waals surface area (Å²) in [5.41, 5.74) is 1.10.